The van der Waals surface area contributed by atoms with Gasteiger partial charge in [-0.3, -0.25) is 9.59 Å². The minimum Gasteiger partial charge on any atom is -0.425 e. The summed E-state index contributed by atoms with van der Waals surface area (Å²) in [6.45, 7) is 1.74. The number of nitrogens with one attached hydrogen (secondary N) is 2. The molecule has 2 heterocycles. The fourth-order valence-electron chi connectivity index (χ4n) is 4.10. The normalized spacial score (nSPS) is 11.8. The summed E-state index contributed by atoms with van der Waals surface area (Å²) in [5.41, 5.74) is 15.5. The molecule has 0 bridgehead atoms. The van der Waals surface area contributed by atoms with Crippen LogP contribution in [-0.2, 0) is 35.3 Å². The van der Waals surface area contributed by atoms with Crippen LogP contribution in [0.2, 0.25) is 0 Å². The van der Waals surface area contributed by atoms with Gasteiger partial charge in [0, 0.05) is 19.0 Å². The number of nitrogens with two attached hydrogens (primary N) is 2. The summed E-state index contributed by atoms with van der Waals surface area (Å²) in [6.07, 6.45) is 7.38. The molecule has 42 heavy (non-hydrogen) atoms. The molecule has 6 N–H and O–H groups in total. The second-order valence-corrected chi connectivity index (χ2v) is 10.8. The topological polar surface area (TPSA) is 175 Å². The van der Waals surface area contributed by atoms with Crippen LogP contribution >= 0.6 is 11.3 Å². The zero-order valence-corrected chi connectivity index (χ0v) is 24.2. The highest BCUT2D eigenvalue weighted by molar-refractivity contribution is 7.15. The Balaban J connectivity index is 1.14. The highest BCUT2D eigenvalue weighted by Crippen LogP contribution is 2.18. The monoisotopic (exact) mass is 586 g/mol. The minimum atomic E-state index is -0.228. The summed E-state index contributed by atoms with van der Waals surface area (Å²) in [4.78, 5) is 24.7. The van der Waals surface area contributed by atoms with E-state index in [-0.39, 0.29) is 24.1 Å². The van der Waals surface area contributed by atoms with E-state index in [1.165, 1.54) is 11.3 Å². The lowest BCUT2D eigenvalue weighted by Gasteiger charge is -2.06. The number of amides is 2. The van der Waals surface area contributed by atoms with Crippen molar-refractivity contribution in [2.75, 3.05) is 5.32 Å². The number of carbonyl (C=O) groups excluding carboxylic acids is 2. The third-order valence-corrected chi connectivity index (χ3v) is 6.97. The van der Waals surface area contributed by atoms with Crippen molar-refractivity contribution in [3.8, 4) is 0 Å². The molecule has 0 spiro atoms. The molecule has 218 valence electrons. The van der Waals surface area contributed by atoms with E-state index in [1.807, 2.05) is 54.6 Å². The summed E-state index contributed by atoms with van der Waals surface area (Å²) in [7, 11) is 0. The van der Waals surface area contributed by atoms with Crippen LogP contribution in [0.5, 0.6) is 0 Å². The zero-order chi connectivity index (χ0) is 29.7. The lowest BCUT2D eigenvalue weighted by Crippen LogP contribution is -2.28. The number of benzene rings is 2. The Labute approximate surface area is 248 Å². The molecule has 0 saturated heterocycles. The van der Waals surface area contributed by atoms with Gasteiger partial charge < -0.3 is 26.5 Å². The van der Waals surface area contributed by atoms with E-state index in [0.717, 1.165) is 41.0 Å². The number of anilines is 1. The van der Waals surface area contributed by atoms with Crippen LogP contribution in [0.1, 0.15) is 52.7 Å². The van der Waals surface area contributed by atoms with Gasteiger partial charge in [-0.05, 0) is 48.1 Å². The first-order valence-electron chi connectivity index (χ1n) is 13.6. The molecule has 0 aliphatic heterocycles. The number of allylic oxidation sites excluding steroid dienone is 3. The number of unbranched alkanes of at least 4 members (excludes halogenated alkanes) is 1. The molecule has 2 amide bonds. The van der Waals surface area contributed by atoms with E-state index >= 15 is 0 Å². The third-order valence-electron chi connectivity index (χ3n) is 6.07. The van der Waals surface area contributed by atoms with Crippen LogP contribution in [0.15, 0.2) is 82.7 Å². The van der Waals surface area contributed by atoms with E-state index in [1.54, 1.807) is 19.1 Å². The Morgan fingerprint density at radius 2 is 1.64 bits per heavy atom. The minimum absolute atomic E-state index is 0.119. The van der Waals surface area contributed by atoms with Crippen molar-refractivity contribution in [3.63, 3.8) is 0 Å². The number of rotatable bonds is 14. The Hall–Kier alpha value is -4.84. The molecule has 0 saturated carbocycles. The molecule has 0 radical (unpaired) electrons. The molecule has 0 aliphatic rings. The molecule has 2 aromatic heterocycles. The summed E-state index contributed by atoms with van der Waals surface area (Å²) in [5, 5.41) is 22.9. The van der Waals surface area contributed by atoms with Gasteiger partial charge in [0.15, 0.2) is 0 Å². The lowest BCUT2D eigenvalue weighted by molar-refractivity contribution is -0.119. The second-order valence-electron chi connectivity index (χ2n) is 9.72. The number of nitrogens with zero attached hydrogens (tertiary/aromatic N) is 4. The van der Waals surface area contributed by atoms with Crippen LogP contribution in [0, 0.1) is 6.92 Å². The molecule has 0 atom stereocenters. The molecule has 2 aromatic carbocycles. The predicted molar refractivity (Wildman–Crippen MR) is 161 cm³/mol. The Morgan fingerprint density at radius 1 is 0.881 bits per heavy atom. The van der Waals surface area contributed by atoms with Gasteiger partial charge in [-0.25, -0.2) is 0 Å². The van der Waals surface area contributed by atoms with Crippen LogP contribution in [0.3, 0.4) is 0 Å². The van der Waals surface area contributed by atoms with Crippen molar-refractivity contribution >= 4 is 28.3 Å². The zero-order valence-electron chi connectivity index (χ0n) is 23.4. The molecule has 12 heteroatoms. The predicted octanol–water partition coefficient (Wildman–Crippen LogP) is 3.72. The van der Waals surface area contributed by atoms with Crippen LogP contribution < -0.4 is 22.1 Å². The molecule has 0 unspecified atom stereocenters. The average molecular weight is 587 g/mol. The van der Waals surface area contributed by atoms with Crippen molar-refractivity contribution in [1.29, 1.82) is 0 Å². The maximum Gasteiger partial charge on any atom is 0.230 e. The Bertz CT molecular complexity index is 1540. The first kappa shape index (κ1) is 30.1. The van der Waals surface area contributed by atoms with Crippen molar-refractivity contribution < 1.29 is 14.0 Å². The number of hydrogen-bond acceptors (Lipinski definition) is 10. The summed E-state index contributed by atoms with van der Waals surface area (Å²) < 4.78 is 5.43. The van der Waals surface area contributed by atoms with Gasteiger partial charge >= 0.3 is 0 Å². The van der Waals surface area contributed by atoms with Crippen molar-refractivity contribution in [3.05, 3.63) is 112 Å². The molecule has 4 rings (SSSR count). The number of carbonyl (C=O) groups is 2. The highest BCUT2D eigenvalue weighted by Gasteiger charge is 2.10. The standard InChI is InChI=1S/C30H34N8O3S/c1-20-35-36-28(41-20)19-23-11-7-10-22(16-23)18-26(39)33-25(32)15-14-24(31)12-5-6-13-29-37-38-30(42-29)34-27(40)17-21-8-3-2-4-9-21/h2-4,7-11,14-16H,5-6,12-13,17-19,31-32H2,1H3,(H,33,39)(H,34,38,40)/b24-14-,25-15+. The van der Waals surface area contributed by atoms with Gasteiger partial charge in [0.2, 0.25) is 28.7 Å². The van der Waals surface area contributed by atoms with E-state index in [0.29, 0.717) is 41.9 Å². The fraction of sp³-hybridized carbons (Fsp3) is 0.267. The molecular formula is C30H34N8O3S. The first-order chi connectivity index (χ1) is 20.3. The first-order valence-corrected chi connectivity index (χ1v) is 14.4. The maximum absolute atomic E-state index is 12.5. The molecule has 0 aliphatic carbocycles. The van der Waals surface area contributed by atoms with Gasteiger partial charge in [0.1, 0.15) is 10.8 Å². The average Bonchev–Trinajstić information content (AvgIpc) is 3.58. The smallest absolute Gasteiger partial charge is 0.230 e. The van der Waals surface area contributed by atoms with Gasteiger partial charge in [-0.1, -0.05) is 65.9 Å². The van der Waals surface area contributed by atoms with Gasteiger partial charge in [0.05, 0.1) is 19.3 Å². The van der Waals surface area contributed by atoms with Gasteiger partial charge in [-0.2, -0.15) is 0 Å². The summed E-state index contributed by atoms with van der Waals surface area (Å²) in [5.74, 6) is 0.916. The third kappa shape index (κ3) is 10.3. The molecule has 4 aromatic rings. The molecule has 11 nitrogen and oxygen atoms in total. The lowest BCUT2D eigenvalue weighted by atomic mass is 10.1. The number of aromatic nitrogens is 4. The summed E-state index contributed by atoms with van der Waals surface area (Å²) >= 11 is 1.38. The highest BCUT2D eigenvalue weighted by atomic mass is 32.1. The SMILES string of the molecule is Cc1nnc(Cc2cccc(CC(=O)N/C(N)=C/C=C(\N)CCCCc3nnc(NC(=O)Cc4ccccc4)s3)c2)o1. The van der Waals surface area contributed by atoms with E-state index in [9.17, 15) is 9.59 Å². The Kier molecular flexibility index (Phi) is 10.9. The number of aryl methyl sites for hydroxylation is 2. The van der Waals surface area contributed by atoms with Crippen LogP contribution in [0.25, 0.3) is 0 Å². The summed E-state index contributed by atoms with van der Waals surface area (Å²) in [6, 6.07) is 17.2. The van der Waals surface area contributed by atoms with Crippen molar-refractivity contribution in [1.82, 2.24) is 25.7 Å². The van der Waals surface area contributed by atoms with Crippen LogP contribution in [-0.4, -0.2) is 32.2 Å². The Morgan fingerprint density at radius 3 is 2.43 bits per heavy atom. The van der Waals surface area contributed by atoms with Crippen molar-refractivity contribution in [2.24, 2.45) is 11.5 Å². The maximum atomic E-state index is 12.5. The van der Waals surface area contributed by atoms with E-state index in [4.69, 9.17) is 15.9 Å². The number of hydrogen-bond donors (Lipinski definition) is 4. The fourth-order valence-corrected chi connectivity index (χ4v) is 4.90. The largest absolute Gasteiger partial charge is 0.425 e. The molecule has 0 fully saturated rings. The van der Waals surface area contributed by atoms with Crippen LogP contribution in [0.4, 0.5) is 5.13 Å². The van der Waals surface area contributed by atoms with Crippen molar-refractivity contribution in [2.45, 2.75) is 51.9 Å². The molecular weight excluding hydrogens is 552 g/mol. The van der Waals surface area contributed by atoms with E-state index in [2.05, 4.69) is 31.0 Å². The van der Waals surface area contributed by atoms with E-state index < -0.39 is 0 Å². The second kappa shape index (κ2) is 15.2. The van der Waals surface area contributed by atoms with Gasteiger partial charge in [-0.15, -0.1) is 20.4 Å². The quantitative estimate of drug-likeness (QED) is 0.127. The van der Waals surface area contributed by atoms with Gasteiger partial charge in [0.25, 0.3) is 0 Å².